The maximum absolute atomic E-state index is 13.6. The number of ether oxygens (including phenoxy) is 2. The van der Waals surface area contributed by atoms with Crippen molar-refractivity contribution in [3.05, 3.63) is 90.0 Å². The molecule has 0 spiro atoms. The van der Waals surface area contributed by atoms with Crippen LogP contribution in [0.15, 0.2) is 73.6 Å². The molecule has 0 atom stereocenters. The third kappa shape index (κ3) is 8.84. The number of piperidine rings is 2. The number of carbonyl (C=O) groups excluding carboxylic acids is 2. The smallest absolute Gasteiger partial charge is 0.245 e. The number of fused-ring (bicyclic) bond motifs is 1. The van der Waals surface area contributed by atoms with Crippen molar-refractivity contribution in [2.24, 2.45) is 5.92 Å². The van der Waals surface area contributed by atoms with E-state index < -0.39 is 0 Å². The molecule has 2 saturated heterocycles. The predicted octanol–water partition coefficient (Wildman–Crippen LogP) is 6.97. The summed E-state index contributed by atoms with van der Waals surface area (Å²) in [6.07, 6.45) is 7.54. The molecule has 0 unspecified atom stereocenters. The monoisotopic (exact) mass is 686 g/mol. The number of hydrogen-bond acceptors (Lipinski definition) is 8. The van der Waals surface area contributed by atoms with Crippen LogP contribution in [-0.4, -0.2) is 70.9 Å². The van der Waals surface area contributed by atoms with E-state index in [1.54, 1.807) is 29.2 Å². The molecule has 1 aromatic heterocycles. The van der Waals surface area contributed by atoms with Crippen LogP contribution in [0.4, 0.5) is 21.6 Å². The van der Waals surface area contributed by atoms with E-state index in [2.05, 4.69) is 32.1 Å². The predicted molar refractivity (Wildman–Crippen MR) is 189 cm³/mol. The number of amides is 2. The van der Waals surface area contributed by atoms with Crippen molar-refractivity contribution in [3.8, 4) is 11.5 Å². The average Bonchev–Trinajstić information content (AvgIpc) is 3.12. The number of anilines is 3. The molecule has 0 aliphatic carbocycles. The summed E-state index contributed by atoms with van der Waals surface area (Å²) in [5, 5.41) is 7.48. The van der Waals surface area contributed by atoms with Gasteiger partial charge in [0, 0.05) is 42.7 Å². The van der Waals surface area contributed by atoms with Crippen LogP contribution in [0.5, 0.6) is 11.5 Å². The Morgan fingerprint density at radius 1 is 0.980 bits per heavy atom. The summed E-state index contributed by atoms with van der Waals surface area (Å²) in [6.45, 7) is 8.12. The van der Waals surface area contributed by atoms with Crippen LogP contribution in [0.2, 0.25) is 5.02 Å². The van der Waals surface area contributed by atoms with Gasteiger partial charge >= 0.3 is 0 Å². The molecule has 2 aliphatic heterocycles. The van der Waals surface area contributed by atoms with Crippen LogP contribution in [0, 0.1) is 11.7 Å². The van der Waals surface area contributed by atoms with Gasteiger partial charge in [-0.15, -0.1) is 0 Å². The third-order valence-electron chi connectivity index (χ3n) is 8.94. The van der Waals surface area contributed by atoms with E-state index >= 15 is 0 Å². The first kappa shape index (κ1) is 34.1. The van der Waals surface area contributed by atoms with Gasteiger partial charge in [-0.2, -0.15) is 0 Å². The largest absolute Gasteiger partial charge is 0.490 e. The van der Waals surface area contributed by atoms with Gasteiger partial charge in [-0.1, -0.05) is 36.7 Å². The van der Waals surface area contributed by atoms with Crippen LogP contribution in [0.1, 0.15) is 37.7 Å². The van der Waals surface area contributed by atoms with E-state index in [0.29, 0.717) is 82.7 Å². The second-order valence-corrected chi connectivity index (χ2v) is 12.7. The van der Waals surface area contributed by atoms with Crippen molar-refractivity contribution >= 4 is 51.5 Å². The van der Waals surface area contributed by atoms with E-state index in [1.165, 1.54) is 43.8 Å². The topological polar surface area (TPSA) is 109 Å². The zero-order valence-electron chi connectivity index (χ0n) is 27.3. The van der Waals surface area contributed by atoms with Crippen molar-refractivity contribution in [1.82, 2.24) is 19.8 Å². The van der Waals surface area contributed by atoms with E-state index in [9.17, 15) is 14.0 Å². The molecule has 3 heterocycles. The summed E-state index contributed by atoms with van der Waals surface area (Å²) in [4.78, 5) is 38.7. The Morgan fingerprint density at radius 3 is 2.55 bits per heavy atom. The number of likely N-dealkylation sites (tertiary alicyclic amines) is 2. The normalized spacial score (nSPS) is 15.5. The molecule has 2 fully saturated rings. The van der Waals surface area contributed by atoms with Crippen molar-refractivity contribution in [1.29, 1.82) is 0 Å². The van der Waals surface area contributed by atoms with Crippen LogP contribution in [-0.2, 0) is 16.2 Å². The summed E-state index contributed by atoms with van der Waals surface area (Å²) in [5.74, 6) is 0.679. The SMILES string of the molecule is C=CC(=O)N1CCC(C(=O)Nc2cc3c(Nc4ccc(OCc5cccc(F)c5)c(Cl)c4)ncnc3cc2OCCN2CCCCC2)CC1. The van der Waals surface area contributed by atoms with Gasteiger partial charge in [0.25, 0.3) is 0 Å². The standard InChI is InChI=1S/C37H40ClFN6O4/c1-2-35(46)45-15-11-26(12-16-45)37(47)43-32-21-29-31(22-34(32)48-18-17-44-13-4-3-5-14-44)40-24-41-36(29)42-28-9-10-33(30(38)20-28)49-23-25-7-6-8-27(39)19-25/h2,6-10,19-22,24,26H,1,3-5,11-18,23H2,(H,43,47)(H,40,41,42). The Kier molecular flexibility index (Phi) is 11.2. The first-order chi connectivity index (χ1) is 23.9. The lowest BCUT2D eigenvalue weighted by molar-refractivity contribution is -0.130. The number of nitrogens with zero attached hydrogens (tertiary/aromatic N) is 4. The maximum atomic E-state index is 13.6. The lowest BCUT2D eigenvalue weighted by Crippen LogP contribution is -2.40. The number of hydrogen-bond donors (Lipinski definition) is 2. The van der Waals surface area contributed by atoms with Gasteiger partial charge in [-0.05, 0) is 86.8 Å². The summed E-state index contributed by atoms with van der Waals surface area (Å²) >= 11 is 6.56. The Labute approximate surface area is 290 Å². The molecule has 12 heteroatoms. The second kappa shape index (κ2) is 16.1. The van der Waals surface area contributed by atoms with Gasteiger partial charge in [0.05, 0.1) is 16.2 Å². The highest BCUT2D eigenvalue weighted by atomic mass is 35.5. The molecular weight excluding hydrogens is 647 g/mol. The van der Waals surface area contributed by atoms with Gasteiger partial charge in [0.2, 0.25) is 11.8 Å². The molecule has 0 saturated carbocycles. The number of carbonyl (C=O) groups is 2. The minimum Gasteiger partial charge on any atom is -0.490 e. The van der Waals surface area contributed by atoms with Gasteiger partial charge in [-0.3, -0.25) is 14.5 Å². The van der Waals surface area contributed by atoms with Crippen molar-refractivity contribution < 1.29 is 23.5 Å². The van der Waals surface area contributed by atoms with Crippen molar-refractivity contribution in [3.63, 3.8) is 0 Å². The van der Waals surface area contributed by atoms with Gasteiger partial charge in [-0.25, -0.2) is 14.4 Å². The molecule has 2 amide bonds. The fraction of sp³-hybridized carbons (Fsp3) is 0.351. The van der Waals surface area contributed by atoms with Gasteiger partial charge < -0.3 is 25.0 Å². The van der Waals surface area contributed by atoms with E-state index in [4.69, 9.17) is 21.1 Å². The zero-order chi connectivity index (χ0) is 34.2. The van der Waals surface area contributed by atoms with E-state index in [0.717, 1.165) is 19.6 Å². The first-order valence-electron chi connectivity index (χ1n) is 16.7. The molecule has 4 aromatic rings. The molecule has 2 N–H and O–H groups in total. The molecule has 3 aromatic carbocycles. The van der Waals surface area contributed by atoms with Crippen molar-refractivity contribution in [2.75, 3.05) is 50.0 Å². The molecule has 0 bridgehead atoms. The van der Waals surface area contributed by atoms with E-state index in [1.807, 2.05) is 18.2 Å². The number of halogens is 2. The molecule has 6 rings (SSSR count). The molecular formula is C37H40ClFN6O4. The van der Waals surface area contributed by atoms with Crippen LogP contribution in [0.25, 0.3) is 10.9 Å². The molecule has 49 heavy (non-hydrogen) atoms. The second-order valence-electron chi connectivity index (χ2n) is 12.3. The van der Waals surface area contributed by atoms with Crippen LogP contribution < -0.4 is 20.1 Å². The number of rotatable bonds is 12. The average molecular weight is 687 g/mol. The fourth-order valence-corrected chi connectivity index (χ4v) is 6.45. The first-order valence-corrected chi connectivity index (χ1v) is 17.0. The van der Waals surface area contributed by atoms with Crippen molar-refractivity contribution in [2.45, 2.75) is 38.7 Å². The van der Waals surface area contributed by atoms with Crippen LogP contribution in [0.3, 0.4) is 0 Å². The number of nitrogens with one attached hydrogen (secondary N) is 2. The fourth-order valence-electron chi connectivity index (χ4n) is 6.21. The quantitative estimate of drug-likeness (QED) is 0.154. The van der Waals surface area contributed by atoms with Gasteiger partial charge in [0.1, 0.15) is 42.7 Å². The summed E-state index contributed by atoms with van der Waals surface area (Å²) in [7, 11) is 0. The van der Waals surface area contributed by atoms with E-state index in [-0.39, 0.29) is 30.2 Å². The summed E-state index contributed by atoms with van der Waals surface area (Å²) < 4.78 is 25.7. The van der Waals surface area contributed by atoms with Gasteiger partial charge in [0.15, 0.2) is 0 Å². The molecule has 256 valence electrons. The molecule has 10 nitrogen and oxygen atoms in total. The minimum atomic E-state index is -0.329. The lowest BCUT2D eigenvalue weighted by Gasteiger charge is -2.30. The molecule has 0 radical (unpaired) electrons. The Bertz CT molecular complexity index is 1810. The maximum Gasteiger partial charge on any atom is 0.245 e. The minimum absolute atomic E-state index is 0.120. The molecule has 2 aliphatic rings. The van der Waals surface area contributed by atoms with Crippen LogP contribution >= 0.6 is 11.6 Å². The highest BCUT2D eigenvalue weighted by Crippen LogP contribution is 2.36. The number of benzene rings is 3. The summed E-state index contributed by atoms with van der Waals surface area (Å²) in [6, 6.07) is 15.1. The highest BCUT2D eigenvalue weighted by Gasteiger charge is 2.27. The Hall–Kier alpha value is -4.74. The zero-order valence-corrected chi connectivity index (χ0v) is 28.1. The Morgan fingerprint density at radius 2 is 1.80 bits per heavy atom. The lowest BCUT2D eigenvalue weighted by atomic mass is 9.95. The summed E-state index contributed by atoms with van der Waals surface area (Å²) in [5.41, 5.74) is 2.52. The highest BCUT2D eigenvalue weighted by molar-refractivity contribution is 6.32. The Balaban J connectivity index is 1.20. The number of aromatic nitrogens is 2. The third-order valence-corrected chi connectivity index (χ3v) is 9.23.